The molecule has 0 aliphatic heterocycles. The van der Waals surface area contributed by atoms with Crippen LogP contribution in [0.1, 0.15) is 12.0 Å². The molecule has 0 spiro atoms. The maximum atomic E-state index is 13.3. The summed E-state index contributed by atoms with van der Waals surface area (Å²) in [5.41, 5.74) is 7.33. The molecule has 0 saturated heterocycles. The average molecular weight is 348 g/mol. The van der Waals surface area contributed by atoms with Crippen molar-refractivity contribution in [3.05, 3.63) is 65.7 Å². The summed E-state index contributed by atoms with van der Waals surface area (Å²) in [6.07, 6.45) is -0.954. The summed E-state index contributed by atoms with van der Waals surface area (Å²) in [5, 5.41) is 10.6. The lowest BCUT2D eigenvalue weighted by Gasteiger charge is -2.30. The first-order chi connectivity index (χ1) is 12.0. The van der Waals surface area contributed by atoms with Crippen LogP contribution in [0.3, 0.4) is 0 Å². The van der Waals surface area contributed by atoms with E-state index in [2.05, 4.69) is 0 Å². The topological polar surface area (TPSA) is 58.7 Å². The fourth-order valence-electron chi connectivity index (χ4n) is 3.43. The molecule has 0 bridgehead atoms. The van der Waals surface area contributed by atoms with Crippen molar-refractivity contribution in [3.8, 4) is 5.75 Å². The molecule has 25 heavy (non-hydrogen) atoms. The Hall–Kier alpha value is -2.02. The summed E-state index contributed by atoms with van der Waals surface area (Å²) < 4.78 is 32.0. The van der Waals surface area contributed by atoms with Crippen molar-refractivity contribution in [2.24, 2.45) is 5.73 Å². The summed E-state index contributed by atoms with van der Waals surface area (Å²) in [7, 11) is 1.90. The van der Waals surface area contributed by atoms with E-state index in [9.17, 15) is 13.9 Å². The smallest absolute Gasteiger partial charge is 0.162 e. The van der Waals surface area contributed by atoms with Gasteiger partial charge in [0.1, 0.15) is 18.0 Å². The van der Waals surface area contributed by atoms with Crippen LogP contribution in [0.4, 0.5) is 8.78 Å². The van der Waals surface area contributed by atoms with Crippen LogP contribution in [-0.2, 0) is 6.54 Å². The van der Waals surface area contributed by atoms with Gasteiger partial charge in [-0.15, -0.1) is 0 Å². The molecule has 2 aromatic rings. The van der Waals surface area contributed by atoms with Crippen molar-refractivity contribution in [3.63, 3.8) is 0 Å². The fourth-order valence-corrected chi connectivity index (χ4v) is 3.43. The molecule has 0 heterocycles. The first-order valence-electron chi connectivity index (χ1n) is 8.25. The summed E-state index contributed by atoms with van der Waals surface area (Å²) in [6.45, 7) is 0.647. The number of hydrogen-bond acceptors (Lipinski definition) is 4. The molecule has 1 saturated carbocycles. The van der Waals surface area contributed by atoms with Crippen molar-refractivity contribution >= 4 is 0 Å². The summed E-state index contributed by atoms with van der Waals surface area (Å²) in [4.78, 5) is 2.00. The second-order valence-corrected chi connectivity index (χ2v) is 6.51. The Morgan fingerprint density at radius 2 is 1.88 bits per heavy atom. The SMILES string of the molecule is CN(Cc1ccccc1)[C@@H]1[C@@H](O)[C@H](Oc2ccc(F)c(F)c2)C[C@H]1N. The van der Waals surface area contributed by atoms with Crippen LogP contribution in [0.5, 0.6) is 5.75 Å². The zero-order chi connectivity index (χ0) is 18.0. The number of halogens is 2. The zero-order valence-corrected chi connectivity index (χ0v) is 14.0. The molecular weight excluding hydrogens is 326 g/mol. The summed E-state index contributed by atoms with van der Waals surface area (Å²) >= 11 is 0. The highest BCUT2D eigenvalue weighted by molar-refractivity contribution is 5.24. The van der Waals surface area contributed by atoms with E-state index in [1.807, 2.05) is 42.3 Å². The van der Waals surface area contributed by atoms with Gasteiger partial charge < -0.3 is 15.6 Å². The maximum Gasteiger partial charge on any atom is 0.162 e. The molecule has 0 amide bonds. The molecule has 0 unspecified atom stereocenters. The molecule has 2 aromatic carbocycles. The van der Waals surface area contributed by atoms with Crippen molar-refractivity contribution < 1.29 is 18.6 Å². The first kappa shape index (κ1) is 17.8. The molecular formula is C19H22F2N2O2. The van der Waals surface area contributed by atoms with Gasteiger partial charge in [-0.2, -0.15) is 0 Å². The van der Waals surface area contributed by atoms with Crippen LogP contribution < -0.4 is 10.5 Å². The number of likely N-dealkylation sites (N-methyl/N-ethyl adjacent to an activating group) is 1. The Balaban J connectivity index is 1.67. The van der Waals surface area contributed by atoms with Crippen LogP contribution in [0.2, 0.25) is 0 Å². The van der Waals surface area contributed by atoms with E-state index in [-0.39, 0.29) is 17.8 Å². The number of ether oxygens (including phenoxy) is 1. The number of aliphatic hydroxyl groups excluding tert-OH is 1. The standard InChI is InChI=1S/C19H22F2N2O2/c1-23(11-12-5-3-2-4-6-12)18-16(22)10-17(19(18)24)25-13-7-8-14(20)15(21)9-13/h2-9,16-19,24H,10-11,22H2,1H3/t16-,17-,18+,19+/m1/s1. The second kappa shape index (κ2) is 7.47. The Bertz CT molecular complexity index is 714. The summed E-state index contributed by atoms with van der Waals surface area (Å²) in [5.74, 6) is -1.73. The Kier molecular flexibility index (Phi) is 5.32. The number of nitrogens with two attached hydrogens (primary N) is 1. The monoisotopic (exact) mass is 348 g/mol. The van der Waals surface area contributed by atoms with Crippen molar-refractivity contribution in [1.29, 1.82) is 0 Å². The number of rotatable bonds is 5. The Labute approximate surface area is 145 Å². The number of hydrogen-bond donors (Lipinski definition) is 2. The van der Waals surface area contributed by atoms with Crippen molar-refractivity contribution in [2.75, 3.05) is 7.05 Å². The minimum Gasteiger partial charge on any atom is -0.487 e. The lowest BCUT2D eigenvalue weighted by molar-refractivity contribution is 0.0136. The Morgan fingerprint density at radius 3 is 2.56 bits per heavy atom. The maximum absolute atomic E-state index is 13.3. The molecule has 4 nitrogen and oxygen atoms in total. The second-order valence-electron chi connectivity index (χ2n) is 6.51. The third-order valence-electron chi connectivity index (χ3n) is 4.64. The molecule has 0 aromatic heterocycles. The van der Waals surface area contributed by atoms with Crippen LogP contribution >= 0.6 is 0 Å². The quantitative estimate of drug-likeness (QED) is 0.871. The zero-order valence-electron chi connectivity index (χ0n) is 14.0. The summed E-state index contributed by atoms with van der Waals surface area (Å²) in [6, 6.07) is 12.7. The van der Waals surface area contributed by atoms with Gasteiger partial charge in [-0.3, -0.25) is 4.90 Å². The first-order valence-corrected chi connectivity index (χ1v) is 8.25. The fraction of sp³-hybridized carbons (Fsp3) is 0.368. The van der Waals surface area contributed by atoms with E-state index >= 15 is 0 Å². The van der Waals surface area contributed by atoms with Gasteiger partial charge in [-0.1, -0.05) is 30.3 Å². The molecule has 134 valence electrons. The van der Waals surface area contributed by atoms with Crippen LogP contribution in [0.15, 0.2) is 48.5 Å². The Morgan fingerprint density at radius 1 is 1.16 bits per heavy atom. The number of aliphatic hydroxyl groups is 1. The van der Waals surface area contributed by atoms with Crippen molar-refractivity contribution in [2.45, 2.75) is 37.3 Å². The minimum absolute atomic E-state index is 0.182. The molecule has 6 heteroatoms. The van der Waals surface area contributed by atoms with E-state index in [1.165, 1.54) is 6.07 Å². The molecule has 0 radical (unpaired) electrons. The van der Waals surface area contributed by atoms with Crippen LogP contribution in [0.25, 0.3) is 0 Å². The molecule has 4 atom stereocenters. The van der Waals surface area contributed by atoms with Gasteiger partial charge in [0.25, 0.3) is 0 Å². The van der Waals surface area contributed by atoms with E-state index in [0.717, 1.165) is 17.7 Å². The highest BCUT2D eigenvalue weighted by Gasteiger charge is 2.44. The predicted octanol–water partition coefficient (Wildman–Crippen LogP) is 2.30. The molecule has 1 fully saturated rings. The third kappa shape index (κ3) is 3.98. The highest BCUT2D eigenvalue weighted by Crippen LogP contribution is 2.29. The third-order valence-corrected chi connectivity index (χ3v) is 4.64. The van der Waals surface area contributed by atoms with Crippen molar-refractivity contribution in [1.82, 2.24) is 4.90 Å². The van der Waals surface area contributed by atoms with Gasteiger partial charge in [-0.05, 0) is 24.7 Å². The van der Waals surface area contributed by atoms with Gasteiger partial charge in [0.2, 0.25) is 0 Å². The lowest BCUT2D eigenvalue weighted by Crippen LogP contribution is -2.48. The number of benzene rings is 2. The highest BCUT2D eigenvalue weighted by atomic mass is 19.2. The van der Waals surface area contributed by atoms with Gasteiger partial charge >= 0.3 is 0 Å². The van der Waals surface area contributed by atoms with Gasteiger partial charge in [0.15, 0.2) is 11.6 Å². The van der Waals surface area contributed by atoms with E-state index in [1.54, 1.807) is 0 Å². The minimum atomic E-state index is -0.980. The molecule has 1 aliphatic rings. The largest absolute Gasteiger partial charge is 0.487 e. The van der Waals surface area contributed by atoms with Gasteiger partial charge in [-0.25, -0.2) is 8.78 Å². The number of nitrogens with zero attached hydrogens (tertiary/aromatic N) is 1. The van der Waals surface area contributed by atoms with E-state index in [4.69, 9.17) is 10.5 Å². The lowest BCUT2D eigenvalue weighted by atomic mass is 10.1. The van der Waals surface area contributed by atoms with Gasteiger partial charge in [0, 0.05) is 25.1 Å². The normalized spacial score (nSPS) is 26.2. The van der Waals surface area contributed by atoms with Crippen LogP contribution in [0, 0.1) is 11.6 Å². The van der Waals surface area contributed by atoms with E-state index < -0.39 is 23.8 Å². The molecule has 3 rings (SSSR count). The average Bonchev–Trinajstić information content (AvgIpc) is 2.86. The molecule has 1 aliphatic carbocycles. The van der Waals surface area contributed by atoms with Gasteiger partial charge in [0.05, 0.1) is 6.04 Å². The van der Waals surface area contributed by atoms with E-state index in [0.29, 0.717) is 13.0 Å². The predicted molar refractivity (Wildman–Crippen MR) is 91.1 cm³/mol. The molecule has 3 N–H and O–H groups in total. The van der Waals surface area contributed by atoms with Crippen LogP contribution in [-0.4, -0.2) is 41.3 Å².